The van der Waals surface area contributed by atoms with Crippen molar-refractivity contribution in [1.82, 2.24) is 0 Å². The molecule has 0 radical (unpaired) electrons. The summed E-state index contributed by atoms with van der Waals surface area (Å²) in [5, 5.41) is 19.4. The fourth-order valence-corrected chi connectivity index (χ4v) is 10.0. The van der Waals surface area contributed by atoms with Gasteiger partial charge in [-0.2, -0.15) is 18.4 Å². The molecule has 0 amide bonds. The largest absolute Gasteiger partial charge is 0.485 e. The van der Waals surface area contributed by atoms with E-state index in [1.807, 2.05) is 24.3 Å². The Kier molecular flexibility index (Phi) is 3.30. The lowest BCUT2D eigenvalue weighted by Crippen LogP contribution is -2.38. The van der Waals surface area contributed by atoms with Crippen molar-refractivity contribution in [3.05, 3.63) is 48.0 Å². The van der Waals surface area contributed by atoms with Gasteiger partial charge in [0.15, 0.2) is 0 Å². The molecule has 1 heterocycles. The van der Waals surface area contributed by atoms with Crippen LogP contribution in [0.15, 0.2) is 57.8 Å². The zero-order chi connectivity index (χ0) is 15.4. The van der Waals surface area contributed by atoms with Crippen LogP contribution in [0.4, 0.5) is 0 Å². The minimum absolute atomic E-state index is 0.0409. The quantitative estimate of drug-likeness (QED) is 0.614. The zero-order valence-electron chi connectivity index (χ0n) is 11.8. The molecule has 3 rings (SSSR count). The van der Waals surface area contributed by atoms with Crippen LogP contribution in [0.2, 0.25) is 0 Å². The van der Waals surface area contributed by atoms with E-state index < -0.39 is 25.5 Å². The molecule has 5 heteroatoms. The molecular formula is C16H19BO2S2. The molecule has 0 saturated carbocycles. The molecule has 1 aromatic rings. The molecule has 0 bridgehead atoms. The Balaban J connectivity index is 2.38. The van der Waals surface area contributed by atoms with E-state index in [4.69, 9.17) is 0 Å². The minimum Gasteiger partial charge on any atom is -0.423 e. The predicted octanol–water partition coefficient (Wildman–Crippen LogP) is 2.00. The second-order valence-electron chi connectivity index (χ2n) is 5.65. The van der Waals surface area contributed by atoms with Crippen molar-refractivity contribution in [2.45, 2.75) is 20.3 Å². The minimum atomic E-state index is -1.71. The highest BCUT2D eigenvalue weighted by Crippen LogP contribution is 2.60. The summed E-state index contributed by atoms with van der Waals surface area (Å²) in [6.45, 7) is 0. The van der Waals surface area contributed by atoms with Crippen molar-refractivity contribution in [2.75, 3.05) is 0 Å². The lowest BCUT2D eigenvalue weighted by Gasteiger charge is -2.45. The molecule has 2 nitrogen and oxygen atoms in total. The highest BCUT2D eigenvalue weighted by atomic mass is 32.2. The molecule has 110 valence electrons. The fraction of sp³-hybridized carbons (Fsp3) is 0.125. The van der Waals surface area contributed by atoms with E-state index in [2.05, 4.69) is 35.6 Å². The van der Waals surface area contributed by atoms with Gasteiger partial charge in [-0.15, -0.1) is 0 Å². The lowest BCUT2D eigenvalue weighted by atomic mass is 9.74. The van der Waals surface area contributed by atoms with E-state index >= 15 is 0 Å². The molecule has 0 aromatic heterocycles. The van der Waals surface area contributed by atoms with Crippen molar-refractivity contribution >= 4 is 49.0 Å². The number of rotatable bonds is 1. The summed E-state index contributed by atoms with van der Waals surface area (Å²) in [5.74, 6) is 17.6. The first-order chi connectivity index (χ1) is 9.78. The standard InChI is InChI=1S/C16H19BO2S2/c1-20(2)13-9-5-6-10-14(13)21(3,4)16-12(17(18)19)8-7-11-15(16)20/h5-11,15-16,18-19H,1-4H2. The van der Waals surface area contributed by atoms with Gasteiger partial charge in [0, 0.05) is 20.3 Å². The summed E-state index contributed by atoms with van der Waals surface area (Å²) < 4.78 is 0. The molecule has 1 aliphatic heterocycles. The zero-order valence-corrected chi connectivity index (χ0v) is 13.4. The molecule has 2 aliphatic rings. The summed E-state index contributed by atoms with van der Waals surface area (Å²) >= 11 is 0. The Morgan fingerprint density at radius 2 is 1.52 bits per heavy atom. The second kappa shape index (κ2) is 4.68. The molecule has 0 fully saturated rings. The van der Waals surface area contributed by atoms with Gasteiger partial charge in [-0.05, 0) is 17.6 Å². The van der Waals surface area contributed by atoms with Crippen LogP contribution in [-0.2, 0) is 0 Å². The number of hydrogen-bond acceptors (Lipinski definition) is 2. The third-order valence-corrected chi connectivity index (χ3v) is 10.0. The van der Waals surface area contributed by atoms with Gasteiger partial charge in [0.25, 0.3) is 0 Å². The maximum Gasteiger partial charge on any atom is 0.485 e. The molecule has 1 aliphatic carbocycles. The Morgan fingerprint density at radius 1 is 0.952 bits per heavy atom. The Hall–Kier alpha value is -1.14. The van der Waals surface area contributed by atoms with E-state index in [1.165, 1.54) is 0 Å². The number of benzene rings is 1. The van der Waals surface area contributed by atoms with Crippen molar-refractivity contribution in [1.29, 1.82) is 0 Å². The maximum atomic E-state index is 9.75. The van der Waals surface area contributed by atoms with Crippen LogP contribution in [0.5, 0.6) is 0 Å². The van der Waals surface area contributed by atoms with Crippen LogP contribution < -0.4 is 0 Å². The molecule has 2 unspecified atom stereocenters. The van der Waals surface area contributed by atoms with E-state index in [9.17, 15) is 10.0 Å². The molecule has 0 saturated heterocycles. The molecule has 2 N–H and O–H groups in total. The average Bonchev–Trinajstić information content (AvgIpc) is 2.45. The third kappa shape index (κ3) is 1.99. The van der Waals surface area contributed by atoms with Gasteiger partial charge in [0.1, 0.15) is 0 Å². The SMILES string of the molecule is C=S1(=C)c2ccccc2S(=C)(=C)C2C(B(O)O)=CC=CC21. The van der Waals surface area contributed by atoms with Gasteiger partial charge < -0.3 is 10.0 Å². The van der Waals surface area contributed by atoms with Crippen LogP contribution in [0.1, 0.15) is 0 Å². The summed E-state index contributed by atoms with van der Waals surface area (Å²) in [6, 6.07) is 8.08. The molecular weight excluding hydrogens is 299 g/mol. The van der Waals surface area contributed by atoms with Crippen LogP contribution in [0, 0.1) is 0 Å². The fourth-order valence-electron chi connectivity index (χ4n) is 3.20. The molecule has 2 atom stereocenters. The topological polar surface area (TPSA) is 40.5 Å². The van der Waals surface area contributed by atoms with Gasteiger partial charge in [-0.3, -0.25) is 0 Å². The van der Waals surface area contributed by atoms with Crippen LogP contribution in [0.25, 0.3) is 0 Å². The summed E-state index contributed by atoms with van der Waals surface area (Å²) in [7, 11) is -4.78. The molecule has 21 heavy (non-hydrogen) atoms. The van der Waals surface area contributed by atoms with Crippen molar-refractivity contribution in [3.63, 3.8) is 0 Å². The van der Waals surface area contributed by atoms with Gasteiger partial charge in [-0.25, -0.2) is 0 Å². The first-order valence-corrected chi connectivity index (χ1v) is 10.6. The van der Waals surface area contributed by atoms with E-state index in [-0.39, 0.29) is 10.5 Å². The monoisotopic (exact) mass is 318 g/mol. The van der Waals surface area contributed by atoms with Crippen LogP contribution >= 0.6 is 18.4 Å². The van der Waals surface area contributed by atoms with Gasteiger partial charge in [0.05, 0.1) is 0 Å². The first kappa shape index (κ1) is 14.8. The molecule has 1 aromatic carbocycles. The number of hydrogen-bond donors (Lipinski definition) is 2. The van der Waals surface area contributed by atoms with E-state index in [0.717, 1.165) is 9.79 Å². The third-order valence-electron chi connectivity index (χ3n) is 4.25. The Labute approximate surface area is 127 Å². The molecule has 0 spiro atoms. The number of allylic oxidation sites excluding steroid dienone is 2. The van der Waals surface area contributed by atoms with Gasteiger partial charge in [0.2, 0.25) is 0 Å². The second-order valence-corrected chi connectivity index (χ2v) is 11.4. The van der Waals surface area contributed by atoms with Gasteiger partial charge in [-0.1, -0.05) is 53.8 Å². The van der Waals surface area contributed by atoms with E-state index in [0.29, 0.717) is 5.47 Å². The van der Waals surface area contributed by atoms with Crippen LogP contribution in [0.3, 0.4) is 0 Å². The summed E-state index contributed by atoms with van der Waals surface area (Å²) in [5.41, 5.74) is 0.584. The highest BCUT2D eigenvalue weighted by Gasteiger charge is 2.41. The van der Waals surface area contributed by atoms with Crippen molar-refractivity contribution in [2.24, 2.45) is 0 Å². The Bertz CT molecular complexity index is 859. The maximum absolute atomic E-state index is 9.75. The summed E-state index contributed by atoms with van der Waals surface area (Å²) in [6.07, 6.45) is 5.73. The first-order valence-electron chi connectivity index (χ1n) is 6.58. The van der Waals surface area contributed by atoms with Crippen LogP contribution in [-0.4, -0.2) is 51.1 Å². The Morgan fingerprint density at radius 3 is 2.10 bits per heavy atom. The summed E-state index contributed by atoms with van der Waals surface area (Å²) in [4.78, 5) is 2.23. The normalized spacial score (nSPS) is 28.2. The lowest BCUT2D eigenvalue weighted by molar-refractivity contribution is 0.417. The highest BCUT2D eigenvalue weighted by molar-refractivity contribution is 8.34. The smallest absolute Gasteiger partial charge is 0.423 e. The number of fused-ring (bicyclic) bond motifs is 2. The van der Waals surface area contributed by atoms with E-state index in [1.54, 1.807) is 6.08 Å². The predicted molar refractivity (Wildman–Crippen MR) is 102 cm³/mol. The van der Waals surface area contributed by atoms with Crippen molar-refractivity contribution in [3.8, 4) is 0 Å². The van der Waals surface area contributed by atoms with Crippen molar-refractivity contribution < 1.29 is 10.0 Å². The van der Waals surface area contributed by atoms with Gasteiger partial charge >= 0.3 is 7.12 Å². The average molecular weight is 318 g/mol.